The van der Waals surface area contributed by atoms with Crippen molar-refractivity contribution < 1.29 is 13.9 Å². The Morgan fingerprint density at radius 3 is 2.88 bits per heavy atom. The van der Waals surface area contributed by atoms with Crippen molar-refractivity contribution >= 4 is 55.9 Å². The molecule has 0 aliphatic heterocycles. The van der Waals surface area contributed by atoms with E-state index in [-0.39, 0.29) is 17.8 Å². The molecule has 8 heteroatoms. The number of halogens is 2. The van der Waals surface area contributed by atoms with Crippen molar-refractivity contribution in [2.75, 3.05) is 5.32 Å². The van der Waals surface area contributed by atoms with Crippen molar-refractivity contribution in [2.45, 2.75) is 18.9 Å². The van der Waals surface area contributed by atoms with Crippen LogP contribution in [0.15, 0.2) is 36.5 Å². The number of amides is 2. The Hall–Kier alpha value is -1.94. The second-order valence-electron chi connectivity index (χ2n) is 5.69. The summed E-state index contributed by atoms with van der Waals surface area (Å²) >= 11 is 3.76. The zero-order chi connectivity index (χ0) is 17.4. The molecule has 1 aliphatic rings. The number of urea groups is 1. The first-order valence-electron chi connectivity index (χ1n) is 7.67. The maximum atomic E-state index is 14.4. The molecular weight excluding hydrogens is 456 g/mol. The number of ether oxygens (including phenoxy) is 1. The Bertz CT molecular complexity index is 958. The van der Waals surface area contributed by atoms with Gasteiger partial charge in [-0.3, -0.25) is 4.98 Å². The topological polar surface area (TPSA) is 63.2 Å². The van der Waals surface area contributed by atoms with E-state index < -0.39 is 5.82 Å². The van der Waals surface area contributed by atoms with Gasteiger partial charge in [-0.15, -0.1) is 11.3 Å². The number of benzene rings is 1. The first-order valence-corrected chi connectivity index (χ1v) is 9.57. The maximum Gasteiger partial charge on any atom is 0.319 e. The predicted molar refractivity (Wildman–Crippen MR) is 104 cm³/mol. The number of pyridine rings is 1. The van der Waals surface area contributed by atoms with E-state index in [0.29, 0.717) is 11.4 Å². The van der Waals surface area contributed by atoms with E-state index in [0.717, 1.165) is 25.9 Å². The second-order valence-corrected chi connectivity index (χ2v) is 8.64. The summed E-state index contributed by atoms with van der Waals surface area (Å²) in [4.78, 5) is 16.0. The Labute approximate surface area is 160 Å². The highest BCUT2D eigenvalue weighted by molar-refractivity contribution is 14.1. The molecule has 1 aromatic carbocycles. The number of nitrogens with one attached hydrogen (secondary N) is 2. The highest BCUT2D eigenvalue weighted by Gasteiger charge is 2.23. The number of carbonyl (C=O) groups excluding carboxylic acids is 1. The van der Waals surface area contributed by atoms with Crippen LogP contribution in [0.3, 0.4) is 0 Å². The third-order valence-corrected chi connectivity index (χ3v) is 5.57. The van der Waals surface area contributed by atoms with E-state index in [1.807, 2.05) is 6.07 Å². The number of hydrogen-bond acceptors (Lipinski definition) is 4. The Morgan fingerprint density at radius 2 is 2.12 bits per heavy atom. The summed E-state index contributed by atoms with van der Waals surface area (Å²) in [5.41, 5.74) is 1.20. The van der Waals surface area contributed by atoms with Gasteiger partial charge in [0.15, 0.2) is 11.6 Å². The molecule has 1 fully saturated rings. The van der Waals surface area contributed by atoms with Crippen LogP contribution in [0.1, 0.15) is 12.8 Å². The lowest BCUT2D eigenvalue weighted by atomic mass is 10.3. The molecule has 2 N–H and O–H groups in total. The van der Waals surface area contributed by atoms with Gasteiger partial charge in [0, 0.05) is 30.1 Å². The van der Waals surface area contributed by atoms with Gasteiger partial charge in [-0.2, -0.15) is 0 Å². The van der Waals surface area contributed by atoms with E-state index in [9.17, 15) is 9.18 Å². The molecule has 2 amide bonds. The summed E-state index contributed by atoms with van der Waals surface area (Å²) in [6.07, 6.45) is 3.63. The number of thiophene rings is 1. The van der Waals surface area contributed by atoms with E-state index in [2.05, 4.69) is 38.2 Å². The zero-order valence-corrected chi connectivity index (χ0v) is 15.9. The minimum atomic E-state index is -0.541. The smallest absolute Gasteiger partial charge is 0.319 e. The van der Waals surface area contributed by atoms with Crippen LogP contribution in [-0.4, -0.2) is 17.1 Å². The van der Waals surface area contributed by atoms with Gasteiger partial charge in [-0.05, 0) is 53.6 Å². The fourth-order valence-corrected chi connectivity index (χ4v) is 4.07. The molecule has 2 heterocycles. The van der Waals surface area contributed by atoms with Crippen LogP contribution in [0, 0.1) is 8.70 Å². The fraction of sp³-hybridized carbons (Fsp3) is 0.176. The molecule has 0 radical (unpaired) electrons. The van der Waals surface area contributed by atoms with Gasteiger partial charge in [0.1, 0.15) is 5.75 Å². The van der Waals surface area contributed by atoms with E-state index in [1.165, 1.54) is 23.5 Å². The SMILES string of the molecule is O=C(Nc1ccc(Oc2ccnc3cc(I)sc23)c(F)c1)NC1CC1. The van der Waals surface area contributed by atoms with Crippen LogP contribution in [-0.2, 0) is 0 Å². The van der Waals surface area contributed by atoms with E-state index in [4.69, 9.17) is 4.74 Å². The summed E-state index contributed by atoms with van der Waals surface area (Å²) in [6.45, 7) is 0. The number of hydrogen-bond donors (Lipinski definition) is 2. The van der Waals surface area contributed by atoms with Gasteiger partial charge in [-0.1, -0.05) is 0 Å². The third kappa shape index (κ3) is 3.84. The Morgan fingerprint density at radius 1 is 1.28 bits per heavy atom. The minimum absolute atomic E-state index is 0.101. The summed E-state index contributed by atoms with van der Waals surface area (Å²) in [5.74, 6) is 0.119. The first kappa shape index (κ1) is 16.5. The van der Waals surface area contributed by atoms with Gasteiger partial charge < -0.3 is 15.4 Å². The summed E-state index contributed by atoms with van der Waals surface area (Å²) in [6, 6.07) is 7.96. The van der Waals surface area contributed by atoms with Crippen LogP contribution in [0.25, 0.3) is 10.2 Å². The highest BCUT2D eigenvalue weighted by Crippen LogP contribution is 2.36. The molecule has 0 unspecified atom stereocenters. The average Bonchev–Trinajstić information content (AvgIpc) is 3.28. The van der Waals surface area contributed by atoms with Crippen molar-refractivity contribution in [3.8, 4) is 11.5 Å². The van der Waals surface area contributed by atoms with Crippen LogP contribution in [0.4, 0.5) is 14.9 Å². The van der Waals surface area contributed by atoms with Crippen molar-refractivity contribution in [1.82, 2.24) is 10.3 Å². The maximum absolute atomic E-state index is 14.4. The van der Waals surface area contributed by atoms with E-state index >= 15 is 0 Å². The Kier molecular flexibility index (Phi) is 4.46. The van der Waals surface area contributed by atoms with E-state index in [1.54, 1.807) is 18.3 Å². The molecular formula is C17H13FIN3O2S. The van der Waals surface area contributed by atoms with Crippen molar-refractivity contribution in [1.29, 1.82) is 0 Å². The minimum Gasteiger partial charge on any atom is -0.453 e. The largest absolute Gasteiger partial charge is 0.453 e. The first-order chi connectivity index (χ1) is 12.1. The molecule has 3 aromatic rings. The second kappa shape index (κ2) is 6.75. The summed E-state index contributed by atoms with van der Waals surface area (Å²) < 4.78 is 22.0. The summed E-state index contributed by atoms with van der Waals surface area (Å²) in [7, 11) is 0. The van der Waals surface area contributed by atoms with Crippen molar-refractivity contribution in [2.24, 2.45) is 0 Å². The number of carbonyl (C=O) groups is 1. The number of anilines is 1. The quantitative estimate of drug-likeness (QED) is 0.522. The Balaban J connectivity index is 1.53. The lowest BCUT2D eigenvalue weighted by molar-refractivity contribution is 0.251. The number of rotatable bonds is 4. The zero-order valence-electron chi connectivity index (χ0n) is 12.9. The van der Waals surface area contributed by atoms with Crippen molar-refractivity contribution in [3.05, 3.63) is 45.2 Å². The lowest BCUT2D eigenvalue weighted by Crippen LogP contribution is -2.30. The number of fused-ring (bicyclic) bond motifs is 1. The number of nitrogens with zero attached hydrogens (tertiary/aromatic N) is 1. The molecule has 2 aromatic heterocycles. The molecule has 0 atom stereocenters. The van der Waals surface area contributed by atoms with Gasteiger partial charge in [0.05, 0.1) is 13.1 Å². The average molecular weight is 469 g/mol. The van der Waals surface area contributed by atoms with Crippen LogP contribution in [0.2, 0.25) is 0 Å². The molecule has 0 saturated heterocycles. The standard InChI is InChI=1S/C17H13FIN3O2S/c18-11-7-10(22-17(23)21-9-1-2-9)3-4-13(11)24-14-5-6-20-12-8-15(19)25-16(12)14/h3-9H,1-2H2,(H2,21,22,23). The molecule has 128 valence electrons. The van der Waals surface area contributed by atoms with Crippen LogP contribution >= 0.6 is 33.9 Å². The predicted octanol–water partition coefficient (Wildman–Crippen LogP) is 5.12. The monoisotopic (exact) mass is 469 g/mol. The number of aromatic nitrogens is 1. The normalized spacial score (nSPS) is 13.7. The summed E-state index contributed by atoms with van der Waals surface area (Å²) in [5, 5.41) is 5.41. The molecule has 0 spiro atoms. The van der Waals surface area contributed by atoms with Gasteiger partial charge in [-0.25, -0.2) is 9.18 Å². The van der Waals surface area contributed by atoms with Crippen LogP contribution in [0.5, 0.6) is 11.5 Å². The highest BCUT2D eigenvalue weighted by atomic mass is 127. The lowest BCUT2D eigenvalue weighted by Gasteiger charge is -2.10. The van der Waals surface area contributed by atoms with Crippen molar-refractivity contribution in [3.63, 3.8) is 0 Å². The van der Waals surface area contributed by atoms with Gasteiger partial charge in [0.2, 0.25) is 0 Å². The van der Waals surface area contributed by atoms with Gasteiger partial charge >= 0.3 is 6.03 Å². The third-order valence-electron chi connectivity index (χ3n) is 3.67. The molecule has 4 rings (SSSR count). The van der Waals surface area contributed by atoms with Gasteiger partial charge in [0.25, 0.3) is 0 Å². The molecule has 25 heavy (non-hydrogen) atoms. The molecule has 0 bridgehead atoms. The van der Waals surface area contributed by atoms with Crippen LogP contribution < -0.4 is 15.4 Å². The molecule has 5 nitrogen and oxygen atoms in total. The fourth-order valence-electron chi connectivity index (χ4n) is 2.33. The molecule has 1 aliphatic carbocycles. The molecule has 1 saturated carbocycles.